The van der Waals surface area contributed by atoms with Gasteiger partial charge in [-0.3, -0.25) is 0 Å². The van der Waals surface area contributed by atoms with E-state index in [2.05, 4.69) is 94.4 Å². The fraction of sp³-hybridized carbons (Fsp3) is 0.400. The van der Waals surface area contributed by atoms with Crippen LogP contribution in [0.15, 0.2) is 78.9 Å². The Bertz CT molecular complexity index is 973. The number of aryl methyl sites for hydroxylation is 1. The second-order valence-electron chi connectivity index (χ2n) is 10.1. The molecule has 0 saturated heterocycles. The maximum absolute atomic E-state index is 10.1. The van der Waals surface area contributed by atoms with Gasteiger partial charge in [-0.25, -0.2) is 0 Å². The smallest absolute Gasteiger partial charge is 0.261 e. The first-order valence-electron chi connectivity index (χ1n) is 12.3. The number of hydrogen-bond acceptors (Lipinski definition) is 3. The van der Waals surface area contributed by atoms with Crippen LogP contribution in [-0.4, -0.2) is 33.7 Å². The fourth-order valence-corrected chi connectivity index (χ4v) is 9.66. The van der Waals surface area contributed by atoms with Gasteiger partial charge in [-0.2, -0.15) is 0 Å². The number of unbranched alkanes of at least 4 members (excludes halogenated alkanes) is 1. The molecule has 0 aliphatic rings. The molecule has 182 valence electrons. The van der Waals surface area contributed by atoms with Crippen LogP contribution in [0.4, 0.5) is 0 Å². The molecule has 0 saturated carbocycles. The molecule has 0 unspecified atom stereocenters. The first kappa shape index (κ1) is 26.2. The third-order valence-corrected chi connectivity index (χ3v) is 11.9. The van der Waals surface area contributed by atoms with Crippen molar-refractivity contribution < 1.29 is 14.3 Å². The molecule has 4 heteroatoms. The molecular formula is C30H40O3Si. The predicted octanol–water partition coefficient (Wildman–Crippen LogP) is 5.83. The zero-order valence-electron chi connectivity index (χ0n) is 21.4. The Labute approximate surface area is 206 Å². The minimum absolute atomic E-state index is 0.0104. The Morgan fingerprint density at radius 2 is 1.44 bits per heavy atom. The zero-order valence-corrected chi connectivity index (χ0v) is 22.4. The lowest BCUT2D eigenvalue weighted by Gasteiger charge is -2.43. The van der Waals surface area contributed by atoms with Crippen molar-refractivity contribution in [3.63, 3.8) is 0 Å². The van der Waals surface area contributed by atoms with Gasteiger partial charge in [0.15, 0.2) is 0 Å². The van der Waals surface area contributed by atoms with E-state index in [1.165, 1.54) is 21.5 Å². The molecule has 0 fully saturated rings. The maximum atomic E-state index is 10.1. The summed E-state index contributed by atoms with van der Waals surface area (Å²) in [7, 11) is -0.797. The molecule has 1 atom stereocenters. The summed E-state index contributed by atoms with van der Waals surface area (Å²) in [5.41, 5.74) is 2.37. The van der Waals surface area contributed by atoms with Gasteiger partial charge in [-0.1, -0.05) is 93.9 Å². The summed E-state index contributed by atoms with van der Waals surface area (Å²) in [6, 6.07) is 27.7. The summed E-state index contributed by atoms with van der Waals surface area (Å²) in [6.07, 6.45) is 2.92. The Balaban J connectivity index is 1.73. The number of ether oxygens (including phenoxy) is 1. The summed E-state index contributed by atoms with van der Waals surface area (Å²) in [4.78, 5) is 0. The molecule has 3 aromatic rings. The Kier molecular flexibility index (Phi) is 9.12. The lowest BCUT2D eigenvalue weighted by atomic mass is 9.91. The van der Waals surface area contributed by atoms with Crippen molar-refractivity contribution in [3.05, 3.63) is 90.0 Å². The third-order valence-electron chi connectivity index (χ3n) is 6.82. The summed E-state index contributed by atoms with van der Waals surface area (Å²) >= 11 is 0. The summed E-state index contributed by atoms with van der Waals surface area (Å²) < 4.78 is 12.3. The van der Waals surface area contributed by atoms with Gasteiger partial charge < -0.3 is 14.3 Å². The van der Waals surface area contributed by atoms with Crippen molar-refractivity contribution in [2.45, 2.75) is 57.9 Å². The van der Waals surface area contributed by atoms with Gasteiger partial charge in [0.25, 0.3) is 8.32 Å². The molecule has 34 heavy (non-hydrogen) atoms. The molecule has 3 rings (SSSR count). The topological polar surface area (TPSA) is 38.7 Å². The number of methoxy groups -OCH3 is 1. The summed E-state index contributed by atoms with van der Waals surface area (Å²) in [5, 5.41) is 12.7. The molecule has 0 spiro atoms. The van der Waals surface area contributed by atoms with Crippen LogP contribution in [0.25, 0.3) is 0 Å². The molecular weight excluding hydrogens is 436 g/mol. The van der Waals surface area contributed by atoms with Crippen molar-refractivity contribution in [1.29, 1.82) is 0 Å². The predicted molar refractivity (Wildman–Crippen MR) is 145 cm³/mol. The summed E-state index contributed by atoms with van der Waals surface area (Å²) in [6.45, 7) is 9.90. The highest BCUT2D eigenvalue weighted by molar-refractivity contribution is 6.99. The second-order valence-corrected chi connectivity index (χ2v) is 14.4. The molecule has 1 N–H and O–H groups in total. The lowest BCUT2D eigenvalue weighted by molar-refractivity contribution is 0.247. The largest absolute Gasteiger partial charge is 0.497 e. The van der Waals surface area contributed by atoms with E-state index >= 15 is 0 Å². The van der Waals surface area contributed by atoms with Gasteiger partial charge >= 0.3 is 0 Å². The van der Waals surface area contributed by atoms with Gasteiger partial charge in [-0.15, -0.1) is 0 Å². The Morgan fingerprint density at radius 1 is 0.853 bits per heavy atom. The van der Waals surface area contributed by atoms with Gasteiger partial charge in [0.2, 0.25) is 0 Å². The van der Waals surface area contributed by atoms with Gasteiger partial charge in [-0.05, 0) is 58.4 Å². The minimum atomic E-state index is -2.48. The SMILES string of the molecule is COc1ccc([C@@H](CO)CCCCO[Si](c2ccccc2)(c2ccccc2)C(C)(C)C)c(C)c1. The van der Waals surface area contributed by atoms with Crippen LogP contribution in [0.1, 0.15) is 57.1 Å². The third kappa shape index (κ3) is 5.80. The van der Waals surface area contributed by atoms with E-state index in [1.807, 2.05) is 12.1 Å². The number of benzene rings is 3. The van der Waals surface area contributed by atoms with E-state index in [1.54, 1.807) is 7.11 Å². The fourth-order valence-electron chi connectivity index (χ4n) is 5.06. The van der Waals surface area contributed by atoms with Crippen molar-refractivity contribution >= 4 is 18.7 Å². The number of rotatable bonds is 11. The minimum Gasteiger partial charge on any atom is -0.497 e. The zero-order chi connectivity index (χ0) is 24.6. The highest BCUT2D eigenvalue weighted by atomic mass is 28.4. The van der Waals surface area contributed by atoms with Crippen LogP contribution in [0.5, 0.6) is 5.75 Å². The van der Waals surface area contributed by atoms with Crippen molar-refractivity contribution in [1.82, 2.24) is 0 Å². The van der Waals surface area contributed by atoms with Crippen molar-refractivity contribution in [3.8, 4) is 5.75 Å². The second kappa shape index (κ2) is 11.8. The van der Waals surface area contributed by atoms with Crippen LogP contribution in [-0.2, 0) is 4.43 Å². The van der Waals surface area contributed by atoms with Crippen LogP contribution in [0.2, 0.25) is 5.04 Å². The molecule has 0 heterocycles. The van der Waals surface area contributed by atoms with E-state index in [-0.39, 0.29) is 17.6 Å². The van der Waals surface area contributed by atoms with Crippen LogP contribution < -0.4 is 15.1 Å². The molecule has 0 amide bonds. The van der Waals surface area contributed by atoms with E-state index in [9.17, 15) is 5.11 Å². The average Bonchev–Trinajstić information content (AvgIpc) is 2.84. The first-order valence-corrected chi connectivity index (χ1v) is 14.2. The maximum Gasteiger partial charge on any atom is 0.261 e. The molecule has 0 bridgehead atoms. The van der Waals surface area contributed by atoms with E-state index in [4.69, 9.17) is 9.16 Å². The van der Waals surface area contributed by atoms with Gasteiger partial charge in [0.05, 0.1) is 7.11 Å². The van der Waals surface area contributed by atoms with Gasteiger partial charge in [0, 0.05) is 19.1 Å². The number of aliphatic hydroxyl groups excluding tert-OH is 1. The van der Waals surface area contributed by atoms with E-state index < -0.39 is 8.32 Å². The van der Waals surface area contributed by atoms with Crippen molar-refractivity contribution in [2.75, 3.05) is 20.3 Å². The van der Waals surface area contributed by atoms with Gasteiger partial charge in [0.1, 0.15) is 5.75 Å². The summed E-state index contributed by atoms with van der Waals surface area (Å²) in [5.74, 6) is 0.996. The highest BCUT2D eigenvalue weighted by Gasteiger charge is 2.49. The lowest BCUT2D eigenvalue weighted by Crippen LogP contribution is -2.66. The number of hydrogen-bond donors (Lipinski definition) is 1. The van der Waals surface area contributed by atoms with Crippen molar-refractivity contribution in [2.24, 2.45) is 0 Å². The molecule has 3 aromatic carbocycles. The average molecular weight is 477 g/mol. The first-order chi connectivity index (χ1) is 16.3. The van der Waals surface area contributed by atoms with Crippen LogP contribution in [0.3, 0.4) is 0 Å². The quantitative estimate of drug-likeness (QED) is 0.280. The van der Waals surface area contributed by atoms with E-state index in [0.717, 1.165) is 25.0 Å². The molecule has 0 aromatic heterocycles. The number of aliphatic hydroxyl groups is 1. The van der Waals surface area contributed by atoms with Crippen LogP contribution >= 0.6 is 0 Å². The monoisotopic (exact) mass is 476 g/mol. The van der Waals surface area contributed by atoms with Crippen LogP contribution in [0, 0.1) is 6.92 Å². The standard InChI is InChI=1S/C30H40O3Si/c1-24-22-26(32-5)19-20-29(24)25(23-31)14-12-13-21-33-34(30(2,3)4,27-15-8-6-9-16-27)28-17-10-7-11-18-28/h6-11,15-20,22,25,31H,12-14,21,23H2,1-5H3/t25-/m1/s1. The highest BCUT2D eigenvalue weighted by Crippen LogP contribution is 2.37. The molecule has 3 nitrogen and oxygen atoms in total. The Morgan fingerprint density at radius 3 is 1.91 bits per heavy atom. The molecule has 0 radical (unpaired) electrons. The Hall–Kier alpha value is -2.40. The molecule has 0 aliphatic heterocycles. The molecule has 0 aliphatic carbocycles. The van der Waals surface area contributed by atoms with E-state index in [0.29, 0.717) is 6.61 Å². The normalized spacial score (nSPS) is 13.0.